The zero-order chi connectivity index (χ0) is 21.8. The number of alkyl halides is 3. The van der Waals surface area contributed by atoms with E-state index in [1.54, 1.807) is 0 Å². The maximum Gasteiger partial charge on any atom is 0.403 e. The molecule has 1 N–H and O–H groups in total. The van der Waals surface area contributed by atoms with E-state index in [0.717, 1.165) is 6.07 Å². The summed E-state index contributed by atoms with van der Waals surface area (Å²) in [5, 5.41) is 8.00. The van der Waals surface area contributed by atoms with Gasteiger partial charge in [0.2, 0.25) is 5.91 Å². The van der Waals surface area contributed by atoms with Crippen molar-refractivity contribution in [2.45, 2.75) is 48.0 Å². The summed E-state index contributed by atoms with van der Waals surface area (Å²) in [6, 6.07) is 1.94. The number of sulfone groups is 1. The molecule has 0 bridgehead atoms. The van der Waals surface area contributed by atoms with Gasteiger partial charge in [-0.2, -0.15) is 13.2 Å². The maximum atomic E-state index is 13.5. The van der Waals surface area contributed by atoms with Crippen LogP contribution in [0.3, 0.4) is 0 Å². The highest BCUT2D eigenvalue weighted by molar-refractivity contribution is 7.92. The molecule has 2 atom stereocenters. The van der Waals surface area contributed by atoms with Crippen molar-refractivity contribution in [2.75, 3.05) is 6.54 Å². The van der Waals surface area contributed by atoms with Gasteiger partial charge < -0.3 is 10.0 Å². The highest BCUT2D eigenvalue weighted by atomic mass is 35.5. The Kier molecular flexibility index (Phi) is 5.59. The van der Waals surface area contributed by atoms with Crippen LogP contribution in [0.15, 0.2) is 23.1 Å². The van der Waals surface area contributed by atoms with E-state index < -0.39 is 70.4 Å². The number of likely N-dealkylation sites (tertiary alicyclic amines) is 1. The number of halogens is 5. The van der Waals surface area contributed by atoms with Crippen LogP contribution in [0.2, 0.25) is 10.0 Å². The second-order valence-corrected chi connectivity index (χ2v) is 10.3. The number of carbonyl (C=O) groups excluding carboxylic acids is 1. The number of rotatable bonds is 4. The molecule has 6 nitrogen and oxygen atoms in total. The van der Waals surface area contributed by atoms with Gasteiger partial charge in [0.1, 0.15) is 11.5 Å². The second-order valence-electron chi connectivity index (χ2n) is 7.22. The van der Waals surface area contributed by atoms with E-state index >= 15 is 0 Å². The van der Waals surface area contributed by atoms with Crippen LogP contribution in [-0.2, 0) is 19.4 Å². The zero-order valence-electron chi connectivity index (χ0n) is 14.7. The largest absolute Gasteiger partial charge is 0.480 e. The van der Waals surface area contributed by atoms with Crippen LogP contribution in [0.1, 0.15) is 25.7 Å². The quantitative estimate of drug-likeness (QED) is 0.721. The van der Waals surface area contributed by atoms with Gasteiger partial charge in [0.15, 0.2) is 9.84 Å². The van der Waals surface area contributed by atoms with Gasteiger partial charge in [-0.25, -0.2) is 13.2 Å². The first kappa shape index (κ1) is 22.2. The molecule has 1 heterocycles. The maximum absolute atomic E-state index is 13.5. The summed E-state index contributed by atoms with van der Waals surface area (Å²) >= 11 is 11.7. The van der Waals surface area contributed by atoms with E-state index in [1.807, 2.05) is 0 Å². The lowest BCUT2D eigenvalue weighted by Crippen LogP contribution is -2.58. The number of amides is 1. The van der Waals surface area contributed by atoms with Gasteiger partial charge in [0, 0.05) is 11.6 Å². The fourth-order valence-electron chi connectivity index (χ4n) is 3.79. The topological polar surface area (TPSA) is 91.8 Å². The molecule has 2 fully saturated rings. The van der Waals surface area contributed by atoms with E-state index in [4.69, 9.17) is 23.2 Å². The molecule has 2 unspecified atom stereocenters. The summed E-state index contributed by atoms with van der Waals surface area (Å²) in [5.41, 5.74) is -2.66. The molecule has 0 spiro atoms. The highest BCUT2D eigenvalue weighted by Gasteiger charge is 2.66. The van der Waals surface area contributed by atoms with Gasteiger partial charge in [-0.15, -0.1) is 0 Å². The van der Waals surface area contributed by atoms with Gasteiger partial charge in [0.25, 0.3) is 0 Å². The molecule has 12 heteroatoms. The van der Waals surface area contributed by atoms with E-state index in [1.165, 1.54) is 12.1 Å². The fraction of sp³-hybridized carbons (Fsp3) is 0.529. The molecule has 3 rings (SSSR count). The van der Waals surface area contributed by atoms with Crippen molar-refractivity contribution in [1.82, 2.24) is 4.90 Å². The normalized spacial score (nSPS) is 24.2. The van der Waals surface area contributed by atoms with Crippen LogP contribution in [-0.4, -0.2) is 54.3 Å². The average Bonchev–Trinajstić information content (AvgIpc) is 2.98. The number of carboxylic acid groups (broad SMARTS) is 1. The van der Waals surface area contributed by atoms with Gasteiger partial charge in [-0.05, 0) is 37.5 Å². The SMILES string of the molecule is O=C(O)C1CC(S(=O)(=O)c2ccc(Cl)cc2Cl)CN1C(=O)C1(C(F)(F)F)CCC1. The second kappa shape index (κ2) is 7.31. The molecule has 1 amide bonds. The van der Waals surface area contributed by atoms with E-state index in [-0.39, 0.29) is 21.4 Å². The zero-order valence-corrected chi connectivity index (χ0v) is 17.1. The standard InChI is InChI=1S/C17H16Cl2F3NO5S/c18-9-2-3-13(11(19)6-9)29(27,28)10-7-12(14(24)25)23(8-10)15(26)16(4-1-5-16)17(20,21)22/h2-3,6,10,12H,1,4-5,7-8H2,(H,24,25). The van der Waals surface area contributed by atoms with Crippen molar-refractivity contribution in [1.29, 1.82) is 0 Å². The molecule has 1 saturated heterocycles. The van der Waals surface area contributed by atoms with Crippen LogP contribution in [0, 0.1) is 5.41 Å². The molecular weight excluding hydrogens is 458 g/mol. The highest BCUT2D eigenvalue weighted by Crippen LogP contribution is 2.55. The molecule has 0 aromatic heterocycles. The van der Waals surface area contributed by atoms with Crippen LogP contribution in [0.4, 0.5) is 13.2 Å². The Bertz CT molecular complexity index is 962. The Morgan fingerprint density at radius 1 is 1.21 bits per heavy atom. The van der Waals surface area contributed by atoms with Crippen LogP contribution < -0.4 is 0 Å². The summed E-state index contributed by atoms with van der Waals surface area (Å²) in [5.74, 6) is -2.95. The first-order valence-electron chi connectivity index (χ1n) is 8.61. The summed E-state index contributed by atoms with van der Waals surface area (Å²) < 4.78 is 66.5. The third-order valence-corrected chi connectivity index (χ3v) is 8.46. The molecule has 1 aromatic carbocycles. The van der Waals surface area contributed by atoms with Gasteiger partial charge >= 0.3 is 12.1 Å². The minimum Gasteiger partial charge on any atom is -0.480 e. The number of carbonyl (C=O) groups is 2. The minimum atomic E-state index is -4.85. The van der Waals surface area contributed by atoms with E-state index in [9.17, 15) is 36.3 Å². The molecule has 2 aliphatic rings. The Morgan fingerprint density at radius 2 is 1.83 bits per heavy atom. The van der Waals surface area contributed by atoms with Crippen molar-refractivity contribution >= 4 is 44.9 Å². The predicted molar refractivity (Wildman–Crippen MR) is 97.5 cm³/mol. The molecular formula is C17H16Cl2F3NO5S. The lowest BCUT2D eigenvalue weighted by atomic mass is 9.67. The van der Waals surface area contributed by atoms with E-state index in [0.29, 0.717) is 4.90 Å². The Hall–Kier alpha value is -1.52. The van der Waals surface area contributed by atoms with Crippen molar-refractivity contribution in [3.05, 3.63) is 28.2 Å². The first-order valence-corrected chi connectivity index (χ1v) is 10.9. The molecule has 1 aromatic rings. The Morgan fingerprint density at radius 3 is 2.28 bits per heavy atom. The van der Waals surface area contributed by atoms with Crippen molar-refractivity contribution in [2.24, 2.45) is 5.41 Å². The number of hydrogen-bond donors (Lipinski definition) is 1. The van der Waals surface area contributed by atoms with Crippen molar-refractivity contribution < 1.29 is 36.3 Å². The first-order chi connectivity index (χ1) is 13.3. The van der Waals surface area contributed by atoms with E-state index in [2.05, 4.69) is 0 Å². The summed E-state index contributed by atoms with van der Waals surface area (Å²) in [6.45, 7) is -0.658. The van der Waals surface area contributed by atoms with Crippen LogP contribution in [0.25, 0.3) is 0 Å². The van der Waals surface area contributed by atoms with Crippen LogP contribution in [0.5, 0.6) is 0 Å². The monoisotopic (exact) mass is 473 g/mol. The minimum absolute atomic E-state index is 0.178. The molecule has 1 aliphatic carbocycles. The fourth-order valence-corrected chi connectivity index (χ4v) is 6.26. The van der Waals surface area contributed by atoms with Gasteiger partial charge in [-0.3, -0.25) is 4.79 Å². The van der Waals surface area contributed by atoms with Crippen molar-refractivity contribution in [3.8, 4) is 0 Å². The number of carboxylic acids is 1. The predicted octanol–water partition coefficient (Wildman–Crippen LogP) is 3.55. The molecule has 1 saturated carbocycles. The Labute approximate surface area is 174 Å². The molecule has 0 radical (unpaired) electrons. The Balaban J connectivity index is 1.95. The molecule has 29 heavy (non-hydrogen) atoms. The third-order valence-electron chi connectivity index (χ3n) is 5.61. The number of benzene rings is 1. The summed E-state index contributed by atoms with van der Waals surface area (Å²) in [6.07, 6.45) is -6.09. The summed E-state index contributed by atoms with van der Waals surface area (Å²) in [7, 11) is -4.22. The van der Waals surface area contributed by atoms with Crippen molar-refractivity contribution in [3.63, 3.8) is 0 Å². The lowest BCUT2D eigenvalue weighted by molar-refractivity contribution is -0.249. The van der Waals surface area contributed by atoms with Gasteiger partial charge in [0.05, 0.1) is 15.2 Å². The average molecular weight is 474 g/mol. The number of nitrogens with zero attached hydrogens (tertiary/aromatic N) is 1. The molecule has 1 aliphatic heterocycles. The molecule has 160 valence electrons. The number of aliphatic carboxylic acids is 1. The lowest BCUT2D eigenvalue weighted by Gasteiger charge is -2.44. The van der Waals surface area contributed by atoms with Gasteiger partial charge in [-0.1, -0.05) is 29.6 Å². The smallest absolute Gasteiger partial charge is 0.403 e. The third kappa shape index (κ3) is 3.59. The van der Waals surface area contributed by atoms with Crippen LogP contribution >= 0.6 is 23.2 Å². The number of hydrogen-bond acceptors (Lipinski definition) is 4. The summed E-state index contributed by atoms with van der Waals surface area (Å²) in [4.78, 5) is 24.6.